The van der Waals surface area contributed by atoms with E-state index in [0.29, 0.717) is 28.4 Å². The van der Waals surface area contributed by atoms with Gasteiger partial charge in [0.2, 0.25) is 11.7 Å². The Kier molecular flexibility index (Phi) is 7.68. The van der Waals surface area contributed by atoms with Crippen molar-refractivity contribution in [3.05, 3.63) is 77.3 Å². The zero-order valence-corrected chi connectivity index (χ0v) is 20.2. The minimum Gasteiger partial charge on any atom is -0.497 e. The van der Waals surface area contributed by atoms with Crippen molar-refractivity contribution in [2.75, 3.05) is 24.4 Å². The number of carbonyl (C=O) groups is 2. The molecule has 0 aliphatic carbocycles. The minimum atomic E-state index is -0.341. The average Bonchev–Trinajstić information content (AvgIpc) is 3.32. The topological polar surface area (TPSA) is 120 Å². The molecule has 0 aliphatic rings. The molecule has 0 aliphatic heterocycles. The Balaban J connectivity index is 1.37. The number of amides is 2. The summed E-state index contributed by atoms with van der Waals surface area (Å²) in [6.07, 6.45) is 0. The fourth-order valence-corrected chi connectivity index (χ4v) is 3.34. The van der Waals surface area contributed by atoms with E-state index in [4.69, 9.17) is 9.47 Å². The van der Waals surface area contributed by atoms with Gasteiger partial charge in [-0.15, -0.1) is 10.2 Å². The van der Waals surface area contributed by atoms with Gasteiger partial charge in [-0.2, -0.15) is 4.80 Å². The SMILES string of the molecule is COc1ccc(NC(=O)Cn2nnc(-c3ccccc3NC(=O)COc3ccc(Br)cc3)n2)cc1. The van der Waals surface area contributed by atoms with E-state index in [2.05, 4.69) is 42.0 Å². The molecule has 4 aromatic rings. The van der Waals surface area contributed by atoms with Gasteiger partial charge < -0.3 is 20.1 Å². The number of carbonyl (C=O) groups excluding carboxylic acids is 2. The molecule has 2 amide bonds. The number of para-hydroxylation sites is 1. The Morgan fingerprint density at radius 1 is 0.914 bits per heavy atom. The summed E-state index contributed by atoms with van der Waals surface area (Å²) < 4.78 is 11.5. The van der Waals surface area contributed by atoms with E-state index in [1.54, 1.807) is 67.8 Å². The Labute approximate surface area is 209 Å². The van der Waals surface area contributed by atoms with Crippen LogP contribution in [0.15, 0.2) is 77.3 Å². The molecule has 2 N–H and O–H groups in total. The van der Waals surface area contributed by atoms with Crippen LogP contribution >= 0.6 is 15.9 Å². The van der Waals surface area contributed by atoms with Crippen LogP contribution in [0, 0.1) is 0 Å². The molecule has 0 spiro atoms. The van der Waals surface area contributed by atoms with Crippen molar-refractivity contribution >= 4 is 39.1 Å². The molecule has 35 heavy (non-hydrogen) atoms. The van der Waals surface area contributed by atoms with Gasteiger partial charge in [-0.05, 0) is 65.9 Å². The molecule has 1 aromatic heterocycles. The van der Waals surface area contributed by atoms with Crippen molar-refractivity contribution in [3.8, 4) is 22.9 Å². The highest BCUT2D eigenvalue weighted by Gasteiger charge is 2.15. The number of hydrogen-bond donors (Lipinski definition) is 2. The molecule has 3 aromatic carbocycles. The van der Waals surface area contributed by atoms with Crippen LogP contribution in [0.3, 0.4) is 0 Å². The number of nitrogens with one attached hydrogen (secondary N) is 2. The van der Waals surface area contributed by atoms with Gasteiger partial charge in [-0.1, -0.05) is 28.1 Å². The predicted octanol–water partition coefficient (Wildman–Crippen LogP) is 3.77. The van der Waals surface area contributed by atoms with Crippen molar-refractivity contribution in [3.63, 3.8) is 0 Å². The largest absolute Gasteiger partial charge is 0.497 e. The number of rotatable bonds is 9. The van der Waals surface area contributed by atoms with Crippen LogP contribution in [-0.2, 0) is 16.1 Å². The second-order valence-corrected chi connectivity index (χ2v) is 8.17. The van der Waals surface area contributed by atoms with Gasteiger partial charge in [0.15, 0.2) is 6.61 Å². The summed E-state index contributed by atoms with van der Waals surface area (Å²) in [7, 11) is 1.57. The predicted molar refractivity (Wildman–Crippen MR) is 133 cm³/mol. The van der Waals surface area contributed by atoms with Crippen LogP contribution in [0.1, 0.15) is 0 Å². The number of ether oxygens (including phenoxy) is 2. The van der Waals surface area contributed by atoms with E-state index < -0.39 is 0 Å². The molecule has 0 fully saturated rings. The van der Waals surface area contributed by atoms with Gasteiger partial charge in [-0.25, -0.2) is 0 Å². The summed E-state index contributed by atoms with van der Waals surface area (Å²) >= 11 is 3.35. The molecule has 178 valence electrons. The number of anilines is 2. The second-order valence-electron chi connectivity index (χ2n) is 7.26. The molecule has 10 nitrogen and oxygen atoms in total. The van der Waals surface area contributed by atoms with Gasteiger partial charge >= 0.3 is 0 Å². The summed E-state index contributed by atoms with van der Waals surface area (Å²) in [4.78, 5) is 26.0. The van der Waals surface area contributed by atoms with Gasteiger partial charge in [0.25, 0.3) is 5.91 Å². The fourth-order valence-electron chi connectivity index (χ4n) is 3.07. The molecule has 0 unspecified atom stereocenters. The molecule has 0 saturated carbocycles. The van der Waals surface area contributed by atoms with E-state index in [1.165, 1.54) is 4.80 Å². The third kappa shape index (κ3) is 6.64. The normalized spacial score (nSPS) is 10.5. The van der Waals surface area contributed by atoms with Crippen molar-refractivity contribution in [2.45, 2.75) is 6.54 Å². The number of aromatic nitrogens is 4. The first-order chi connectivity index (χ1) is 17.0. The van der Waals surface area contributed by atoms with E-state index in [0.717, 1.165) is 4.47 Å². The fraction of sp³-hybridized carbons (Fsp3) is 0.125. The lowest BCUT2D eigenvalue weighted by molar-refractivity contribution is -0.118. The minimum absolute atomic E-state index is 0.130. The molecule has 0 saturated heterocycles. The lowest BCUT2D eigenvalue weighted by Crippen LogP contribution is -2.21. The molecular formula is C24H21BrN6O4. The molecule has 0 radical (unpaired) electrons. The third-order valence-corrected chi connectivity index (χ3v) is 5.27. The standard InChI is InChI=1S/C24H21BrN6O4/c1-34-18-12-8-17(9-13-18)26-22(32)14-31-29-24(28-30-31)20-4-2-3-5-21(20)27-23(33)15-35-19-10-6-16(25)7-11-19/h2-13H,14-15H2,1H3,(H,26,32)(H,27,33). The van der Waals surface area contributed by atoms with E-state index in [-0.39, 0.29) is 30.8 Å². The highest BCUT2D eigenvalue weighted by atomic mass is 79.9. The first-order valence-electron chi connectivity index (χ1n) is 10.5. The van der Waals surface area contributed by atoms with Crippen LogP contribution in [0.2, 0.25) is 0 Å². The smallest absolute Gasteiger partial charge is 0.262 e. The molecule has 0 bridgehead atoms. The van der Waals surface area contributed by atoms with Crippen LogP contribution in [0.4, 0.5) is 11.4 Å². The number of tetrazole rings is 1. The lowest BCUT2D eigenvalue weighted by Gasteiger charge is -2.10. The van der Waals surface area contributed by atoms with Crippen LogP contribution in [0.25, 0.3) is 11.4 Å². The van der Waals surface area contributed by atoms with Crippen LogP contribution < -0.4 is 20.1 Å². The Morgan fingerprint density at radius 2 is 1.63 bits per heavy atom. The Hall–Kier alpha value is -4.25. The quantitative estimate of drug-likeness (QED) is 0.334. The average molecular weight is 537 g/mol. The zero-order chi connectivity index (χ0) is 24.6. The van der Waals surface area contributed by atoms with Crippen LogP contribution in [0.5, 0.6) is 11.5 Å². The monoisotopic (exact) mass is 536 g/mol. The molecular weight excluding hydrogens is 516 g/mol. The first-order valence-corrected chi connectivity index (χ1v) is 11.3. The van der Waals surface area contributed by atoms with Crippen LogP contribution in [-0.4, -0.2) is 45.7 Å². The highest BCUT2D eigenvalue weighted by Crippen LogP contribution is 2.24. The van der Waals surface area contributed by atoms with Gasteiger partial charge in [0.05, 0.1) is 12.8 Å². The van der Waals surface area contributed by atoms with Gasteiger partial charge in [0.1, 0.15) is 18.0 Å². The maximum absolute atomic E-state index is 12.4. The second kappa shape index (κ2) is 11.3. The van der Waals surface area contributed by atoms with Crippen molar-refractivity contribution in [2.24, 2.45) is 0 Å². The molecule has 1 heterocycles. The van der Waals surface area contributed by atoms with Gasteiger partial charge in [0, 0.05) is 15.7 Å². The zero-order valence-electron chi connectivity index (χ0n) is 18.6. The third-order valence-electron chi connectivity index (χ3n) is 4.74. The molecule has 11 heteroatoms. The number of hydrogen-bond acceptors (Lipinski definition) is 7. The van der Waals surface area contributed by atoms with E-state index in [9.17, 15) is 9.59 Å². The summed E-state index contributed by atoms with van der Waals surface area (Å²) in [6.45, 7) is -0.295. The molecule has 4 rings (SSSR count). The Bertz CT molecular complexity index is 1310. The number of methoxy groups -OCH3 is 1. The molecule has 0 atom stereocenters. The summed E-state index contributed by atoms with van der Waals surface area (Å²) in [5, 5.41) is 17.8. The number of nitrogens with zero attached hydrogens (tertiary/aromatic N) is 4. The first kappa shape index (κ1) is 23.9. The summed E-state index contributed by atoms with van der Waals surface area (Å²) in [5.41, 5.74) is 1.68. The van der Waals surface area contributed by atoms with Crippen molar-refractivity contribution < 1.29 is 19.1 Å². The van der Waals surface area contributed by atoms with E-state index >= 15 is 0 Å². The maximum Gasteiger partial charge on any atom is 0.262 e. The van der Waals surface area contributed by atoms with Crippen molar-refractivity contribution in [1.29, 1.82) is 0 Å². The van der Waals surface area contributed by atoms with Crippen molar-refractivity contribution in [1.82, 2.24) is 20.2 Å². The lowest BCUT2D eigenvalue weighted by atomic mass is 10.1. The summed E-state index contributed by atoms with van der Waals surface area (Å²) in [5.74, 6) is 0.884. The number of benzene rings is 3. The summed E-state index contributed by atoms with van der Waals surface area (Å²) in [6, 6.07) is 21.2. The highest BCUT2D eigenvalue weighted by molar-refractivity contribution is 9.10. The van der Waals surface area contributed by atoms with Gasteiger partial charge in [-0.3, -0.25) is 9.59 Å². The Morgan fingerprint density at radius 3 is 2.37 bits per heavy atom. The van der Waals surface area contributed by atoms with E-state index in [1.807, 2.05) is 12.1 Å². The maximum atomic E-state index is 12.4. The number of halogens is 1.